The van der Waals surface area contributed by atoms with E-state index in [1.54, 1.807) is 18.2 Å². The van der Waals surface area contributed by atoms with Gasteiger partial charge in [-0.05, 0) is 54.8 Å². The highest BCUT2D eigenvalue weighted by Gasteiger charge is 2.32. The average molecular weight is 419 g/mol. The molecule has 29 heavy (non-hydrogen) atoms. The fourth-order valence-corrected chi connectivity index (χ4v) is 5.04. The van der Waals surface area contributed by atoms with E-state index in [4.69, 9.17) is 4.52 Å². The monoisotopic (exact) mass is 419 g/mol. The first kappa shape index (κ1) is 19.7. The van der Waals surface area contributed by atoms with Crippen LogP contribution in [0.2, 0.25) is 0 Å². The molecule has 1 aliphatic rings. The second kappa shape index (κ2) is 8.00. The van der Waals surface area contributed by atoms with E-state index in [-0.39, 0.29) is 24.0 Å². The van der Waals surface area contributed by atoms with E-state index in [9.17, 15) is 17.2 Å². The third-order valence-corrected chi connectivity index (χ3v) is 6.73. The minimum absolute atomic E-state index is 0.225. The second-order valence-electron chi connectivity index (χ2n) is 7.05. The Morgan fingerprint density at radius 3 is 2.66 bits per heavy atom. The molecule has 6 nitrogen and oxygen atoms in total. The topological polar surface area (TPSA) is 76.3 Å². The van der Waals surface area contributed by atoms with Crippen LogP contribution in [0.1, 0.15) is 30.2 Å². The van der Waals surface area contributed by atoms with Gasteiger partial charge in [-0.15, -0.1) is 0 Å². The largest absolute Gasteiger partial charge is 0.339 e. The summed E-state index contributed by atoms with van der Waals surface area (Å²) in [4.78, 5) is 4.37. The summed E-state index contributed by atoms with van der Waals surface area (Å²) >= 11 is 0. The molecule has 0 spiro atoms. The van der Waals surface area contributed by atoms with Crippen LogP contribution in [-0.2, 0) is 15.8 Å². The van der Waals surface area contributed by atoms with Crippen LogP contribution in [-0.4, -0.2) is 36.0 Å². The molecule has 1 atom stereocenters. The highest BCUT2D eigenvalue weighted by molar-refractivity contribution is 7.88. The van der Waals surface area contributed by atoms with Crippen LogP contribution in [0.5, 0.6) is 0 Å². The number of rotatable bonds is 5. The summed E-state index contributed by atoms with van der Waals surface area (Å²) in [6.45, 7) is 0.621. The highest BCUT2D eigenvalue weighted by Crippen LogP contribution is 2.29. The fraction of sp³-hybridized carbons (Fsp3) is 0.300. The van der Waals surface area contributed by atoms with Gasteiger partial charge in [0.1, 0.15) is 11.6 Å². The zero-order valence-corrected chi connectivity index (χ0v) is 16.3. The SMILES string of the molecule is O=S(=O)(Cc1cccc(F)c1)N1CCCC(c2nc(-c3ccc(F)cc3)no2)C1. The van der Waals surface area contributed by atoms with Gasteiger partial charge in [-0.2, -0.15) is 4.98 Å². The minimum atomic E-state index is -3.61. The Bertz CT molecular complexity index is 1100. The van der Waals surface area contributed by atoms with Crippen molar-refractivity contribution in [2.45, 2.75) is 24.5 Å². The number of halogens is 2. The smallest absolute Gasteiger partial charge is 0.231 e. The van der Waals surface area contributed by atoms with Gasteiger partial charge in [0.25, 0.3) is 0 Å². The van der Waals surface area contributed by atoms with Crippen LogP contribution >= 0.6 is 0 Å². The van der Waals surface area contributed by atoms with E-state index in [1.165, 1.54) is 34.6 Å². The summed E-state index contributed by atoms with van der Waals surface area (Å²) < 4.78 is 58.8. The molecule has 0 saturated carbocycles. The van der Waals surface area contributed by atoms with Gasteiger partial charge >= 0.3 is 0 Å². The molecule has 0 N–H and O–H groups in total. The summed E-state index contributed by atoms with van der Waals surface area (Å²) in [6.07, 6.45) is 1.37. The first-order valence-electron chi connectivity index (χ1n) is 9.22. The Hall–Kier alpha value is -2.65. The first-order valence-corrected chi connectivity index (χ1v) is 10.8. The molecule has 0 aliphatic carbocycles. The van der Waals surface area contributed by atoms with Crippen LogP contribution in [0.15, 0.2) is 53.1 Å². The average Bonchev–Trinajstić information content (AvgIpc) is 3.19. The molecule has 4 rings (SSSR count). The Balaban J connectivity index is 1.49. The van der Waals surface area contributed by atoms with Crippen molar-refractivity contribution >= 4 is 10.0 Å². The number of piperidine rings is 1. The number of sulfonamides is 1. The van der Waals surface area contributed by atoms with E-state index in [0.29, 0.717) is 35.8 Å². The van der Waals surface area contributed by atoms with Crippen molar-refractivity contribution in [1.29, 1.82) is 0 Å². The van der Waals surface area contributed by atoms with Crippen molar-refractivity contribution in [3.05, 3.63) is 71.6 Å². The number of hydrogen-bond donors (Lipinski definition) is 0. The summed E-state index contributed by atoms with van der Waals surface area (Å²) in [5.41, 5.74) is 1.02. The highest BCUT2D eigenvalue weighted by atomic mass is 32.2. The van der Waals surface area contributed by atoms with Gasteiger partial charge in [-0.25, -0.2) is 21.5 Å². The lowest BCUT2D eigenvalue weighted by Crippen LogP contribution is -2.39. The van der Waals surface area contributed by atoms with E-state index in [2.05, 4.69) is 10.1 Å². The summed E-state index contributed by atoms with van der Waals surface area (Å²) in [7, 11) is -3.61. The summed E-state index contributed by atoms with van der Waals surface area (Å²) in [5, 5.41) is 3.94. The molecule has 0 amide bonds. The number of benzene rings is 2. The van der Waals surface area contributed by atoms with Gasteiger partial charge in [0, 0.05) is 18.7 Å². The van der Waals surface area contributed by atoms with Gasteiger partial charge in [-0.3, -0.25) is 0 Å². The normalized spacial score (nSPS) is 18.1. The third kappa shape index (κ3) is 4.51. The Morgan fingerprint density at radius 2 is 1.90 bits per heavy atom. The fourth-order valence-electron chi connectivity index (χ4n) is 3.44. The van der Waals surface area contributed by atoms with Gasteiger partial charge in [0.05, 0.1) is 11.7 Å². The number of hydrogen-bond acceptors (Lipinski definition) is 5. The molecule has 1 saturated heterocycles. The number of aromatic nitrogens is 2. The maximum absolute atomic E-state index is 13.4. The van der Waals surface area contributed by atoms with Crippen LogP contribution in [0, 0.1) is 11.6 Å². The molecular formula is C20H19F2N3O3S. The molecule has 1 fully saturated rings. The van der Waals surface area contributed by atoms with E-state index >= 15 is 0 Å². The van der Waals surface area contributed by atoms with E-state index in [0.717, 1.165) is 6.42 Å². The molecule has 9 heteroatoms. The van der Waals surface area contributed by atoms with Crippen molar-refractivity contribution in [2.24, 2.45) is 0 Å². The molecule has 2 aromatic carbocycles. The zero-order valence-electron chi connectivity index (χ0n) is 15.5. The Labute approximate surface area is 167 Å². The molecule has 0 bridgehead atoms. The molecular weight excluding hydrogens is 400 g/mol. The van der Waals surface area contributed by atoms with Crippen LogP contribution in [0.4, 0.5) is 8.78 Å². The van der Waals surface area contributed by atoms with Crippen LogP contribution in [0.25, 0.3) is 11.4 Å². The minimum Gasteiger partial charge on any atom is -0.339 e. The van der Waals surface area contributed by atoms with Gasteiger partial charge < -0.3 is 4.52 Å². The standard InChI is InChI=1S/C20H19F2N3O3S/c21-17-8-6-15(7-9-17)19-23-20(28-24-19)16-4-2-10-25(12-16)29(26,27)13-14-3-1-5-18(22)11-14/h1,3,5-9,11,16H,2,4,10,12-13H2. The molecule has 0 radical (unpaired) electrons. The van der Waals surface area contributed by atoms with Gasteiger partial charge in [0.2, 0.25) is 21.7 Å². The van der Waals surface area contributed by atoms with Crippen LogP contribution in [0.3, 0.4) is 0 Å². The predicted octanol–water partition coefficient (Wildman–Crippen LogP) is 3.72. The quantitative estimate of drug-likeness (QED) is 0.630. The molecule has 3 aromatic rings. The lowest BCUT2D eigenvalue weighted by atomic mass is 10.00. The maximum atomic E-state index is 13.4. The number of nitrogens with zero attached hydrogens (tertiary/aromatic N) is 3. The van der Waals surface area contributed by atoms with Crippen molar-refractivity contribution in [3.8, 4) is 11.4 Å². The molecule has 1 unspecified atom stereocenters. The predicted molar refractivity (Wildman–Crippen MR) is 102 cm³/mol. The second-order valence-corrected chi connectivity index (χ2v) is 9.02. The van der Waals surface area contributed by atoms with E-state index in [1.807, 2.05) is 0 Å². The Kier molecular flexibility index (Phi) is 5.42. The molecule has 152 valence electrons. The van der Waals surface area contributed by atoms with Crippen molar-refractivity contribution in [3.63, 3.8) is 0 Å². The molecule has 1 aliphatic heterocycles. The third-order valence-electron chi connectivity index (χ3n) is 4.91. The van der Waals surface area contributed by atoms with Gasteiger partial charge in [0.15, 0.2) is 0 Å². The van der Waals surface area contributed by atoms with Gasteiger partial charge in [-0.1, -0.05) is 17.3 Å². The summed E-state index contributed by atoms with van der Waals surface area (Å²) in [5.74, 6) is -0.623. The maximum Gasteiger partial charge on any atom is 0.231 e. The lowest BCUT2D eigenvalue weighted by Gasteiger charge is -2.30. The summed E-state index contributed by atoms with van der Waals surface area (Å²) in [6, 6.07) is 11.3. The van der Waals surface area contributed by atoms with Crippen molar-refractivity contribution < 1.29 is 21.7 Å². The van der Waals surface area contributed by atoms with E-state index < -0.39 is 15.8 Å². The molecule has 1 aromatic heterocycles. The first-order chi connectivity index (χ1) is 13.9. The van der Waals surface area contributed by atoms with Crippen molar-refractivity contribution in [2.75, 3.05) is 13.1 Å². The molecule has 2 heterocycles. The lowest BCUT2D eigenvalue weighted by molar-refractivity contribution is 0.265. The zero-order chi connectivity index (χ0) is 20.4. The Morgan fingerprint density at radius 1 is 1.10 bits per heavy atom. The van der Waals surface area contributed by atoms with Crippen LogP contribution < -0.4 is 0 Å². The van der Waals surface area contributed by atoms with Crippen molar-refractivity contribution in [1.82, 2.24) is 14.4 Å².